The van der Waals surface area contributed by atoms with Crippen LogP contribution in [0.3, 0.4) is 0 Å². The average molecular weight is 315 g/mol. The molecule has 0 bridgehead atoms. The summed E-state index contributed by atoms with van der Waals surface area (Å²) in [4.78, 5) is 2.58. The number of benzene rings is 3. The third kappa shape index (κ3) is 2.30. The van der Waals surface area contributed by atoms with Crippen molar-refractivity contribution in [2.75, 3.05) is 19.7 Å². The lowest BCUT2D eigenvalue weighted by Gasteiger charge is -2.28. The minimum Gasteiger partial charge on any atom is -0.492 e. The SMILES string of the molecule is c1ccc(CN2C[C@H]3COc4c(ccc5ccccc45)[C@H]3C2)cc1. The van der Waals surface area contributed by atoms with E-state index in [1.54, 1.807) is 0 Å². The van der Waals surface area contributed by atoms with Gasteiger partial charge in [-0.1, -0.05) is 66.7 Å². The van der Waals surface area contributed by atoms with Gasteiger partial charge in [-0.25, -0.2) is 0 Å². The fourth-order valence-corrected chi connectivity index (χ4v) is 4.36. The van der Waals surface area contributed by atoms with Gasteiger partial charge >= 0.3 is 0 Å². The van der Waals surface area contributed by atoms with Gasteiger partial charge in [-0.2, -0.15) is 0 Å². The van der Waals surface area contributed by atoms with Gasteiger partial charge in [0.05, 0.1) is 6.61 Å². The number of hydrogen-bond donors (Lipinski definition) is 0. The Kier molecular flexibility index (Phi) is 3.30. The number of fused-ring (bicyclic) bond motifs is 5. The third-order valence-electron chi connectivity index (χ3n) is 5.52. The topological polar surface area (TPSA) is 12.5 Å². The Balaban J connectivity index is 1.45. The lowest BCUT2D eigenvalue weighted by Crippen LogP contribution is -2.25. The maximum Gasteiger partial charge on any atom is 0.130 e. The first-order chi connectivity index (χ1) is 11.9. The third-order valence-corrected chi connectivity index (χ3v) is 5.52. The van der Waals surface area contributed by atoms with Crippen molar-refractivity contribution >= 4 is 10.8 Å². The van der Waals surface area contributed by atoms with Crippen LogP contribution in [0.15, 0.2) is 66.7 Å². The molecule has 0 aliphatic carbocycles. The Bertz CT molecular complexity index is 874. The Morgan fingerprint density at radius 2 is 1.71 bits per heavy atom. The van der Waals surface area contributed by atoms with E-state index in [1.165, 1.54) is 21.9 Å². The van der Waals surface area contributed by atoms with E-state index in [0.717, 1.165) is 32.0 Å². The molecule has 1 saturated heterocycles. The summed E-state index contributed by atoms with van der Waals surface area (Å²) in [6, 6.07) is 23.9. The quantitative estimate of drug-likeness (QED) is 0.693. The molecule has 0 amide bonds. The first-order valence-corrected chi connectivity index (χ1v) is 8.79. The van der Waals surface area contributed by atoms with E-state index in [-0.39, 0.29) is 0 Å². The standard InChI is InChI=1S/C22H21NO/c1-2-6-16(7-3-1)12-23-13-18-15-24-22-19-9-5-4-8-17(19)10-11-20(22)21(18)14-23/h1-11,18,21H,12-15H2/t18-,21-/m0/s1. The predicted octanol–water partition coefficient (Wildman–Crippen LogP) is 4.45. The van der Waals surface area contributed by atoms with E-state index in [0.29, 0.717) is 11.8 Å². The highest BCUT2D eigenvalue weighted by Gasteiger charge is 2.39. The van der Waals surface area contributed by atoms with Crippen LogP contribution in [-0.4, -0.2) is 24.6 Å². The maximum atomic E-state index is 6.22. The Labute approximate surface area is 142 Å². The second-order valence-corrected chi connectivity index (χ2v) is 7.06. The van der Waals surface area contributed by atoms with Gasteiger partial charge in [0.25, 0.3) is 0 Å². The van der Waals surface area contributed by atoms with E-state index < -0.39 is 0 Å². The van der Waals surface area contributed by atoms with Crippen LogP contribution >= 0.6 is 0 Å². The summed E-state index contributed by atoms with van der Waals surface area (Å²) in [6.45, 7) is 4.15. The van der Waals surface area contributed by atoms with Crippen molar-refractivity contribution in [3.63, 3.8) is 0 Å². The molecule has 0 aromatic heterocycles. The molecular formula is C22H21NO. The number of hydrogen-bond acceptors (Lipinski definition) is 2. The van der Waals surface area contributed by atoms with Crippen LogP contribution < -0.4 is 4.74 Å². The smallest absolute Gasteiger partial charge is 0.130 e. The summed E-state index contributed by atoms with van der Waals surface area (Å²) in [5, 5.41) is 2.53. The summed E-state index contributed by atoms with van der Waals surface area (Å²) < 4.78 is 6.22. The van der Waals surface area contributed by atoms with Crippen molar-refractivity contribution in [3.8, 4) is 5.75 Å². The molecule has 2 nitrogen and oxygen atoms in total. The highest BCUT2D eigenvalue weighted by Crippen LogP contribution is 2.45. The highest BCUT2D eigenvalue weighted by molar-refractivity contribution is 5.90. The van der Waals surface area contributed by atoms with Crippen molar-refractivity contribution in [2.45, 2.75) is 12.5 Å². The molecule has 0 spiro atoms. The highest BCUT2D eigenvalue weighted by atomic mass is 16.5. The Hall–Kier alpha value is -2.32. The van der Waals surface area contributed by atoms with Crippen molar-refractivity contribution in [1.82, 2.24) is 4.90 Å². The number of likely N-dealkylation sites (tertiary alicyclic amines) is 1. The summed E-state index contributed by atoms with van der Waals surface area (Å²) in [6.07, 6.45) is 0. The van der Waals surface area contributed by atoms with Crippen LogP contribution in [0.5, 0.6) is 5.75 Å². The van der Waals surface area contributed by atoms with E-state index >= 15 is 0 Å². The zero-order chi connectivity index (χ0) is 15.9. The molecule has 0 unspecified atom stereocenters. The molecule has 0 N–H and O–H groups in total. The van der Waals surface area contributed by atoms with Gasteiger partial charge in [0.1, 0.15) is 5.75 Å². The van der Waals surface area contributed by atoms with Crippen LogP contribution in [0.4, 0.5) is 0 Å². The summed E-state index contributed by atoms with van der Waals surface area (Å²) in [5.74, 6) is 2.33. The molecule has 120 valence electrons. The molecule has 2 heterocycles. The molecular weight excluding hydrogens is 294 g/mol. The van der Waals surface area contributed by atoms with Crippen molar-refractivity contribution < 1.29 is 4.74 Å². The van der Waals surface area contributed by atoms with Gasteiger partial charge in [-0.3, -0.25) is 4.90 Å². The van der Waals surface area contributed by atoms with Gasteiger partial charge in [0.2, 0.25) is 0 Å². The Morgan fingerprint density at radius 3 is 2.62 bits per heavy atom. The molecule has 0 radical (unpaired) electrons. The molecule has 1 fully saturated rings. The van der Waals surface area contributed by atoms with Gasteiger partial charge in [-0.05, 0) is 16.5 Å². The van der Waals surface area contributed by atoms with Gasteiger partial charge in [-0.15, -0.1) is 0 Å². The van der Waals surface area contributed by atoms with E-state index in [4.69, 9.17) is 4.74 Å². The largest absolute Gasteiger partial charge is 0.492 e. The zero-order valence-electron chi connectivity index (χ0n) is 13.7. The van der Waals surface area contributed by atoms with Crippen molar-refractivity contribution in [1.29, 1.82) is 0 Å². The normalized spacial score (nSPS) is 22.8. The molecule has 2 atom stereocenters. The van der Waals surface area contributed by atoms with Crippen LogP contribution in [0.2, 0.25) is 0 Å². The summed E-state index contributed by atoms with van der Waals surface area (Å²) in [5.41, 5.74) is 2.80. The lowest BCUT2D eigenvalue weighted by atomic mass is 9.85. The molecule has 2 heteroatoms. The lowest BCUT2D eigenvalue weighted by molar-refractivity contribution is 0.214. The van der Waals surface area contributed by atoms with Gasteiger partial charge < -0.3 is 4.74 Å². The molecule has 2 aliphatic heterocycles. The molecule has 5 rings (SSSR count). The number of ether oxygens (including phenoxy) is 1. The van der Waals surface area contributed by atoms with E-state index in [2.05, 4.69) is 71.6 Å². The molecule has 3 aromatic rings. The minimum absolute atomic E-state index is 0.599. The van der Waals surface area contributed by atoms with Crippen molar-refractivity contribution in [2.24, 2.45) is 5.92 Å². The molecule has 24 heavy (non-hydrogen) atoms. The van der Waals surface area contributed by atoms with Gasteiger partial charge in [0.15, 0.2) is 0 Å². The van der Waals surface area contributed by atoms with E-state index in [9.17, 15) is 0 Å². The Morgan fingerprint density at radius 1 is 0.875 bits per heavy atom. The van der Waals surface area contributed by atoms with Crippen molar-refractivity contribution in [3.05, 3.63) is 77.9 Å². The monoisotopic (exact) mass is 315 g/mol. The minimum atomic E-state index is 0.599. The second-order valence-electron chi connectivity index (χ2n) is 7.06. The zero-order valence-corrected chi connectivity index (χ0v) is 13.7. The van der Waals surface area contributed by atoms with E-state index in [1.807, 2.05) is 0 Å². The average Bonchev–Trinajstić information content (AvgIpc) is 3.05. The molecule has 2 aliphatic rings. The van der Waals surface area contributed by atoms with Gasteiger partial charge in [0, 0.05) is 36.9 Å². The fraction of sp³-hybridized carbons (Fsp3) is 0.273. The van der Waals surface area contributed by atoms with Crippen LogP contribution in [0, 0.1) is 5.92 Å². The van der Waals surface area contributed by atoms with Crippen LogP contribution in [-0.2, 0) is 6.54 Å². The number of nitrogens with zero attached hydrogens (tertiary/aromatic N) is 1. The molecule has 3 aromatic carbocycles. The molecule has 0 saturated carbocycles. The first-order valence-electron chi connectivity index (χ1n) is 8.79. The fourth-order valence-electron chi connectivity index (χ4n) is 4.36. The second kappa shape index (κ2) is 5.64. The summed E-state index contributed by atoms with van der Waals surface area (Å²) in [7, 11) is 0. The first kappa shape index (κ1) is 14.1. The predicted molar refractivity (Wildman–Crippen MR) is 97.4 cm³/mol. The summed E-state index contributed by atoms with van der Waals surface area (Å²) >= 11 is 0. The number of rotatable bonds is 2. The van der Waals surface area contributed by atoms with Crippen LogP contribution in [0.1, 0.15) is 17.0 Å². The maximum absolute atomic E-state index is 6.22. The van der Waals surface area contributed by atoms with Crippen LogP contribution in [0.25, 0.3) is 10.8 Å².